The molecule has 0 radical (unpaired) electrons. The predicted octanol–water partition coefficient (Wildman–Crippen LogP) is 3.36. The van der Waals surface area contributed by atoms with Crippen LogP contribution in [0.4, 0.5) is 5.82 Å². The highest BCUT2D eigenvalue weighted by Gasteiger charge is 2.26. The fourth-order valence-corrected chi connectivity index (χ4v) is 3.32. The number of ether oxygens (including phenoxy) is 1. The molecule has 1 aliphatic rings. The molecule has 1 aliphatic carbocycles. The number of anilines is 1. The van der Waals surface area contributed by atoms with Crippen molar-refractivity contribution in [1.29, 1.82) is 0 Å². The van der Waals surface area contributed by atoms with E-state index in [1.165, 1.54) is 4.57 Å². The molecular weight excluding hydrogens is 340 g/mol. The molecule has 3 aromatic rings. The number of benzene rings is 1. The van der Waals surface area contributed by atoms with Gasteiger partial charge in [-0.15, -0.1) is 0 Å². The zero-order valence-corrected chi connectivity index (χ0v) is 14.7. The Balaban J connectivity index is 2.15. The van der Waals surface area contributed by atoms with Crippen LogP contribution in [0.1, 0.15) is 24.3 Å². The molecule has 0 bridgehead atoms. The smallest absolute Gasteiger partial charge is 0.354 e. The summed E-state index contributed by atoms with van der Waals surface area (Å²) in [6.45, 7) is 0. The van der Waals surface area contributed by atoms with Crippen LogP contribution in [0.2, 0.25) is 5.15 Å². The zero-order valence-electron chi connectivity index (χ0n) is 13.9. The lowest BCUT2D eigenvalue weighted by Crippen LogP contribution is -2.24. The van der Waals surface area contributed by atoms with Crippen molar-refractivity contribution in [3.8, 4) is 11.4 Å². The number of halogens is 1. The Kier molecular flexibility index (Phi) is 3.84. The Morgan fingerprint density at radius 2 is 2.16 bits per heavy atom. The van der Waals surface area contributed by atoms with E-state index in [1.807, 2.05) is 12.1 Å². The number of methoxy groups -OCH3 is 1. The van der Waals surface area contributed by atoms with Crippen molar-refractivity contribution < 1.29 is 4.74 Å². The predicted molar refractivity (Wildman–Crippen MR) is 98.2 cm³/mol. The van der Waals surface area contributed by atoms with Gasteiger partial charge < -0.3 is 10.1 Å². The number of rotatable bonds is 4. The number of nitrogens with one attached hydrogen (secondary N) is 1. The van der Waals surface area contributed by atoms with Crippen LogP contribution >= 0.6 is 11.6 Å². The Labute approximate surface area is 149 Å². The molecule has 0 aliphatic heterocycles. The number of fused-ring (bicyclic) bond motifs is 1. The van der Waals surface area contributed by atoms with E-state index in [4.69, 9.17) is 16.3 Å². The summed E-state index contributed by atoms with van der Waals surface area (Å²) in [4.78, 5) is 21.0. The average molecular weight is 357 g/mol. The molecule has 0 unspecified atom stereocenters. The first-order valence-corrected chi connectivity index (χ1v) is 8.45. The van der Waals surface area contributed by atoms with Gasteiger partial charge in [-0.25, -0.2) is 9.78 Å². The summed E-state index contributed by atoms with van der Waals surface area (Å²) < 4.78 is 7.11. The van der Waals surface area contributed by atoms with Crippen LogP contribution in [0, 0.1) is 0 Å². The molecule has 0 spiro atoms. The van der Waals surface area contributed by atoms with E-state index in [-0.39, 0.29) is 5.15 Å². The first kappa shape index (κ1) is 15.9. The monoisotopic (exact) mass is 356 g/mol. The van der Waals surface area contributed by atoms with Gasteiger partial charge in [-0.1, -0.05) is 11.6 Å². The summed E-state index contributed by atoms with van der Waals surface area (Å²) >= 11 is 6.25. The molecule has 2 heterocycles. The minimum Gasteiger partial charge on any atom is -0.496 e. The molecule has 7 heteroatoms. The lowest BCUT2D eigenvalue weighted by molar-refractivity contribution is 0.419. The molecule has 1 saturated carbocycles. The maximum absolute atomic E-state index is 12.7. The summed E-state index contributed by atoms with van der Waals surface area (Å²) in [7, 11) is 3.36. The number of aromatic nitrogens is 3. The van der Waals surface area contributed by atoms with Crippen LogP contribution in [0.15, 0.2) is 35.3 Å². The molecular formula is C18H17ClN4O2. The minimum atomic E-state index is -0.415. The molecule has 0 saturated heterocycles. The summed E-state index contributed by atoms with van der Waals surface area (Å²) in [5.41, 5.74) is 1.96. The van der Waals surface area contributed by atoms with Crippen LogP contribution in [0.3, 0.4) is 0 Å². The lowest BCUT2D eigenvalue weighted by atomic mass is 10.1. The van der Waals surface area contributed by atoms with Gasteiger partial charge in [0.1, 0.15) is 11.6 Å². The van der Waals surface area contributed by atoms with Crippen LogP contribution in [-0.2, 0) is 0 Å². The van der Waals surface area contributed by atoms with E-state index in [1.54, 1.807) is 32.5 Å². The molecule has 1 N–H and O–H groups in total. The van der Waals surface area contributed by atoms with Gasteiger partial charge in [0.25, 0.3) is 0 Å². The molecule has 0 amide bonds. The fraction of sp³-hybridized carbons (Fsp3) is 0.278. The fourth-order valence-electron chi connectivity index (χ4n) is 3.11. The Morgan fingerprint density at radius 1 is 1.36 bits per heavy atom. The van der Waals surface area contributed by atoms with Crippen LogP contribution in [0.25, 0.3) is 16.6 Å². The lowest BCUT2D eigenvalue weighted by Gasteiger charge is -2.17. The summed E-state index contributed by atoms with van der Waals surface area (Å²) in [6.07, 6.45) is 3.89. The molecule has 0 atom stereocenters. The second-order valence-electron chi connectivity index (χ2n) is 6.03. The Hall–Kier alpha value is -2.60. The van der Waals surface area contributed by atoms with E-state index in [2.05, 4.69) is 15.3 Å². The van der Waals surface area contributed by atoms with Crippen molar-refractivity contribution >= 4 is 28.3 Å². The van der Waals surface area contributed by atoms with E-state index >= 15 is 0 Å². The quantitative estimate of drug-likeness (QED) is 0.726. The minimum absolute atomic E-state index is 0.251. The van der Waals surface area contributed by atoms with E-state index in [9.17, 15) is 4.79 Å². The zero-order chi connectivity index (χ0) is 17.6. The average Bonchev–Trinajstić information content (AvgIpc) is 3.46. The van der Waals surface area contributed by atoms with Gasteiger partial charge in [0.15, 0.2) is 5.15 Å². The third-order valence-corrected chi connectivity index (χ3v) is 4.76. The van der Waals surface area contributed by atoms with Crippen molar-refractivity contribution in [1.82, 2.24) is 14.5 Å². The highest BCUT2D eigenvalue weighted by molar-refractivity contribution is 6.31. The second kappa shape index (κ2) is 6.04. The molecule has 1 fully saturated rings. The molecule has 25 heavy (non-hydrogen) atoms. The largest absolute Gasteiger partial charge is 0.496 e. The SMILES string of the molecule is CNc1nc(=O)n(-c2cccnc2Cl)c2cc(C3CC3)cc(OC)c12. The van der Waals surface area contributed by atoms with Crippen LogP contribution in [0.5, 0.6) is 5.75 Å². The van der Waals surface area contributed by atoms with Crippen molar-refractivity contribution in [2.45, 2.75) is 18.8 Å². The highest BCUT2D eigenvalue weighted by atomic mass is 35.5. The second-order valence-corrected chi connectivity index (χ2v) is 6.39. The van der Waals surface area contributed by atoms with E-state index < -0.39 is 5.69 Å². The Morgan fingerprint density at radius 3 is 2.80 bits per heavy atom. The van der Waals surface area contributed by atoms with Gasteiger partial charge >= 0.3 is 5.69 Å². The third kappa shape index (κ3) is 2.62. The van der Waals surface area contributed by atoms with Gasteiger partial charge in [-0.3, -0.25) is 4.57 Å². The van der Waals surface area contributed by atoms with Crippen molar-refractivity contribution in [3.05, 3.63) is 51.7 Å². The third-order valence-electron chi connectivity index (χ3n) is 4.47. The van der Waals surface area contributed by atoms with Gasteiger partial charge in [-0.2, -0.15) is 4.98 Å². The van der Waals surface area contributed by atoms with Gasteiger partial charge in [-0.05, 0) is 48.6 Å². The maximum Gasteiger partial charge on any atom is 0.354 e. The summed E-state index contributed by atoms with van der Waals surface area (Å²) in [5.74, 6) is 1.68. The number of pyridine rings is 1. The van der Waals surface area contributed by atoms with E-state index in [0.717, 1.165) is 23.8 Å². The van der Waals surface area contributed by atoms with E-state index in [0.29, 0.717) is 28.7 Å². The number of hydrogen-bond acceptors (Lipinski definition) is 5. The molecule has 4 rings (SSSR count). The van der Waals surface area contributed by atoms with Crippen molar-refractivity contribution in [3.63, 3.8) is 0 Å². The normalized spacial score (nSPS) is 13.9. The van der Waals surface area contributed by atoms with Gasteiger partial charge in [0, 0.05) is 13.2 Å². The first-order valence-electron chi connectivity index (χ1n) is 8.07. The first-order chi connectivity index (χ1) is 12.1. The maximum atomic E-state index is 12.7. The molecule has 2 aromatic heterocycles. The highest BCUT2D eigenvalue weighted by Crippen LogP contribution is 2.44. The molecule has 128 valence electrons. The van der Waals surface area contributed by atoms with Gasteiger partial charge in [0.2, 0.25) is 0 Å². The number of hydrogen-bond donors (Lipinski definition) is 1. The Bertz CT molecular complexity index is 1030. The number of nitrogens with zero attached hydrogens (tertiary/aromatic N) is 3. The standard InChI is InChI=1S/C18H17ClN4O2/c1-20-17-15-13(8-11(10-5-6-10)9-14(15)25-2)23(18(24)22-17)12-4-3-7-21-16(12)19/h3-4,7-10H,5-6H2,1-2H3,(H,20,22,24). The topological polar surface area (TPSA) is 69.0 Å². The van der Waals surface area contributed by atoms with Crippen molar-refractivity contribution in [2.24, 2.45) is 0 Å². The summed E-state index contributed by atoms with van der Waals surface area (Å²) in [5, 5.41) is 3.99. The van der Waals surface area contributed by atoms with Gasteiger partial charge in [0.05, 0.1) is 23.7 Å². The molecule has 1 aromatic carbocycles. The summed E-state index contributed by atoms with van der Waals surface area (Å²) in [6, 6.07) is 7.56. The van der Waals surface area contributed by atoms with Crippen LogP contribution in [-0.4, -0.2) is 28.7 Å². The van der Waals surface area contributed by atoms with Crippen molar-refractivity contribution in [2.75, 3.05) is 19.5 Å². The van der Waals surface area contributed by atoms with Crippen LogP contribution < -0.4 is 15.7 Å². The molecule has 6 nitrogen and oxygen atoms in total.